The largest absolute Gasteiger partial charge is 0.469 e. The van der Waals surface area contributed by atoms with Crippen LogP contribution in [0.5, 0.6) is 0 Å². The SMILES string of the molecule is COC(=O)C[C@@H]1[C@@](C)(CCC=C(C)C)CC=C2CO[C@H]3C[C@](C)(OC)O[C@]231. The molecule has 1 spiro atoms. The second kappa shape index (κ2) is 7.34. The molecule has 0 aromatic carbocycles. The van der Waals surface area contributed by atoms with Crippen molar-refractivity contribution in [1.82, 2.24) is 0 Å². The Balaban J connectivity index is 2.00. The number of rotatable bonds is 6. The molecule has 2 fully saturated rings. The summed E-state index contributed by atoms with van der Waals surface area (Å²) in [6.07, 6.45) is 8.37. The molecule has 1 aliphatic carbocycles. The topological polar surface area (TPSA) is 54.0 Å². The number of allylic oxidation sites excluding steroid dienone is 3. The van der Waals surface area contributed by atoms with Gasteiger partial charge in [0.25, 0.3) is 0 Å². The van der Waals surface area contributed by atoms with Gasteiger partial charge in [-0.3, -0.25) is 4.79 Å². The Kier molecular flexibility index (Phi) is 5.59. The van der Waals surface area contributed by atoms with Crippen LogP contribution in [0.2, 0.25) is 0 Å². The zero-order valence-corrected chi connectivity index (χ0v) is 17.6. The molecule has 2 heterocycles. The molecule has 5 heteroatoms. The molecular weight excluding hydrogens is 344 g/mol. The molecule has 0 saturated carbocycles. The molecule has 5 atom stereocenters. The van der Waals surface area contributed by atoms with Gasteiger partial charge in [0, 0.05) is 19.4 Å². The van der Waals surface area contributed by atoms with E-state index in [2.05, 4.69) is 32.9 Å². The van der Waals surface area contributed by atoms with Crippen molar-refractivity contribution in [1.29, 1.82) is 0 Å². The molecule has 0 aromatic rings. The van der Waals surface area contributed by atoms with Crippen molar-refractivity contribution in [2.75, 3.05) is 20.8 Å². The number of carbonyl (C=O) groups is 1. The first-order valence-corrected chi connectivity index (χ1v) is 9.96. The smallest absolute Gasteiger partial charge is 0.305 e. The van der Waals surface area contributed by atoms with Crippen LogP contribution >= 0.6 is 0 Å². The summed E-state index contributed by atoms with van der Waals surface area (Å²) < 4.78 is 23.6. The summed E-state index contributed by atoms with van der Waals surface area (Å²) in [5.74, 6) is -0.895. The number of ether oxygens (including phenoxy) is 4. The van der Waals surface area contributed by atoms with Gasteiger partial charge in [0.2, 0.25) is 0 Å². The molecule has 27 heavy (non-hydrogen) atoms. The summed E-state index contributed by atoms with van der Waals surface area (Å²) in [7, 11) is 3.13. The maximum Gasteiger partial charge on any atom is 0.305 e. The first-order chi connectivity index (χ1) is 12.7. The highest BCUT2D eigenvalue weighted by Gasteiger charge is 2.67. The molecule has 0 amide bonds. The van der Waals surface area contributed by atoms with E-state index in [1.54, 1.807) is 7.11 Å². The lowest BCUT2D eigenvalue weighted by Gasteiger charge is -2.50. The number of methoxy groups -OCH3 is 2. The molecule has 2 saturated heterocycles. The van der Waals surface area contributed by atoms with Gasteiger partial charge in [0.1, 0.15) is 5.60 Å². The minimum absolute atomic E-state index is 0.00696. The van der Waals surface area contributed by atoms with Crippen molar-refractivity contribution in [3.05, 3.63) is 23.3 Å². The van der Waals surface area contributed by atoms with Crippen LogP contribution in [0.1, 0.15) is 59.8 Å². The van der Waals surface area contributed by atoms with Crippen LogP contribution in [0.4, 0.5) is 0 Å². The van der Waals surface area contributed by atoms with E-state index in [1.807, 2.05) is 6.92 Å². The molecular formula is C22H34O5. The summed E-state index contributed by atoms with van der Waals surface area (Å²) >= 11 is 0. The quantitative estimate of drug-likeness (QED) is 0.513. The van der Waals surface area contributed by atoms with Crippen LogP contribution in [0.3, 0.4) is 0 Å². The van der Waals surface area contributed by atoms with Gasteiger partial charge in [-0.1, -0.05) is 24.6 Å². The Bertz CT molecular complexity index is 649. The third-order valence-corrected chi connectivity index (χ3v) is 6.83. The highest BCUT2D eigenvalue weighted by atomic mass is 16.7. The molecule has 3 rings (SSSR count). The molecule has 0 N–H and O–H groups in total. The lowest BCUT2D eigenvalue weighted by atomic mass is 9.57. The first-order valence-electron chi connectivity index (χ1n) is 9.96. The van der Waals surface area contributed by atoms with E-state index < -0.39 is 11.4 Å². The predicted octanol–water partition coefficient (Wildman–Crippen LogP) is 4.17. The van der Waals surface area contributed by atoms with E-state index >= 15 is 0 Å². The molecule has 152 valence electrons. The van der Waals surface area contributed by atoms with Crippen molar-refractivity contribution >= 4 is 5.97 Å². The van der Waals surface area contributed by atoms with Gasteiger partial charge in [-0.25, -0.2) is 0 Å². The van der Waals surface area contributed by atoms with Crippen LogP contribution in [0.25, 0.3) is 0 Å². The van der Waals surface area contributed by atoms with Crippen LogP contribution in [0.15, 0.2) is 23.3 Å². The second-order valence-corrected chi connectivity index (χ2v) is 8.98. The predicted molar refractivity (Wildman–Crippen MR) is 103 cm³/mol. The minimum atomic E-state index is -0.698. The standard InChI is InChI=1S/C22H34O5/c1-15(2)8-7-10-20(3)11-9-16-14-26-18-13-21(4,25-6)27-22(16,18)17(20)12-19(23)24-5/h8-9,17-18H,7,10-14H2,1-6H3/t17-,18+,20+,21-,22+/m1/s1. The second-order valence-electron chi connectivity index (χ2n) is 8.98. The summed E-state index contributed by atoms with van der Waals surface area (Å²) in [5, 5.41) is 0. The fraction of sp³-hybridized carbons (Fsp3) is 0.773. The maximum absolute atomic E-state index is 12.4. The monoisotopic (exact) mass is 378 g/mol. The van der Waals surface area contributed by atoms with Gasteiger partial charge < -0.3 is 18.9 Å². The normalized spacial score (nSPS) is 40.1. The van der Waals surface area contributed by atoms with E-state index in [0.29, 0.717) is 19.4 Å². The number of carbonyl (C=O) groups excluding carboxylic acids is 1. The Hall–Kier alpha value is -1.17. The molecule has 5 nitrogen and oxygen atoms in total. The fourth-order valence-corrected chi connectivity index (χ4v) is 5.21. The zero-order chi connectivity index (χ0) is 19.9. The Labute approximate surface area is 163 Å². The van der Waals surface area contributed by atoms with Gasteiger partial charge in [-0.15, -0.1) is 0 Å². The van der Waals surface area contributed by atoms with Crippen LogP contribution in [0, 0.1) is 11.3 Å². The van der Waals surface area contributed by atoms with Crippen LogP contribution in [-0.4, -0.2) is 44.3 Å². The highest BCUT2D eigenvalue weighted by molar-refractivity contribution is 5.70. The Morgan fingerprint density at radius 2 is 2.07 bits per heavy atom. The van der Waals surface area contributed by atoms with Gasteiger partial charge in [-0.05, 0) is 51.0 Å². The van der Waals surface area contributed by atoms with E-state index in [-0.39, 0.29) is 23.4 Å². The molecule has 0 unspecified atom stereocenters. The van der Waals surface area contributed by atoms with Crippen molar-refractivity contribution in [2.45, 2.75) is 77.3 Å². The van der Waals surface area contributed by atoms with E-state index in [9.17, 15) is 4.79 Å². The van der Waals surface area contributed by atoms with E-state index in [1.165, 1.54) is 18.3 Å². The van der Waals surface area contributed by atoms with Gasteiger partial charge in [0.15, 0.2) is 5.79 Å². The Morgan fingerprint density at radius 3 is 2.70 bits per heavy atom. The molecule has 3 aliphatic rings. The number of esters is 1. The average Bonchev–Trinajstić information content (AvgIpc) is 3.09. The molecule has 0 aromatic heterocycles. The summed E-state index contributed by atoms with van der Waals surface area (Å²) in [6.45, 7) is 9.06. The van der Waals surface area contributed by atoms with Crippen molar-refractivity contribution in [3.63, 3.8) is 0 Å². The summed E-state index contributed by atoms with van der Waals surface area (Å²) in [5.41, 5.74) is 1.81. The van der Waals surface area contributed by atoms with Crippen molar-refractivity contribution < 1.29 is 23.7 Å². The van der Waals surface area contributed by atoms with Crippen molar-refractivity contribution in [3.8, 4) is 0 Å². The maximum atomic E-state index is 12.4. The lowest BCUT2D eigenvalue weighted by Crippen LogP contribution is -2.55. The Morgan fingerprint density at radius 1 is 1.33 bits per heavy atom. The third-order valence-electron chi connectivity index (χ3n) is 6.83. The van der Waals surface area contributed by atoms with E-state index in [0.717, 1.165) is 19.3 Å². The molecule has 0 radical (unpaired) electrons. The summed E-state index contributed by atoms with van der Waals surface area (Å²) in [6, 6.07) is 0. The number of hydrogen-bond donors (Lipinski definition) is 0. The van der Waals surface area contributed by atoms with Gasteiger partial charge >= 0.3 is 5.97 Å². The van der Waals surface area contributed by atoms with Crippen LogP contribution in [-0.2, 0) is 23.7 Å². The third kappa shape index (κ3) is 3.50. The molecule has 2 aliphatic heterocycles. The minimum Gasteiger partial charge on any atom is -0.469 e. The van der Waals surface area contributed by atoms with Gasteiger partial charge in [0.05, 0.1) is 26.2 Å². The molecule has 0 bridgehead atoms. The lowest BCUT2D eigenvalue weighted by molar-refractivity contribution is -0.242. The average molecular weight is 379 g/mol. The van der Waals surface area contributed by atoms with Crippen LogP contribution < -0.4 is 0 Å². The summed E-state index contributed by atoms with van der Waals surface area (Å²) in [4.78, 5) is 12.4. The van der Waals surface area contributed by atoms with Gasteiger partial charge in [-0.2, -0.15) is 0 Å². The zero-order valence-electron chi connectivity index (χ0n) is 17.6. The number of hydrogen-bond acceptors (Lipinski definition) is 5. The van der Waals surface area contributed by atoms with E-state index in [4.69, 9.17) is 18.9 Å². The van der Waals surface area contributed by atoms with Crippen molar-refractivity contribution in [2.24, 2.45) is 11.3 Å². The fourth-order valence-electron chi connectivity index (χ4n) is 5.21. The highest BCUT2D eigenvalue weighted by Crippen LogP contribution is 2.61. The first kappa shape index (κ1) is 20.6.